The van der Waals surface area contributed by atoms with Crippen LogP contribution in [0.3, 0.4) is 0 Å². The van der Waals surface area contributed by atoms with Crippen LogP contribution in [-0.2, 0) is 0 Å². The predicted octanol–water partition coefficient (Wildman–Crippen LogP) is 2.09. The Hall–Kier alpha value is -1.45. The van der Waals surface area contributed by atoms with Crippen LogP contribution in [0.15, 0.2) is 18.3 Å². The molecule has 1 aromatic heterocycles. The van der Waals surface area contributed by atoms with Gasteiger partial charge in [0, 0.05) is 18.8 Å². The Bertz CT molecular complexity index is 371. The van der Waals surface area contributed by atoms with Gasteiger partial charge in [-0.1, -0.05) is 0 Å². The standard InChI is InChI=1S/C11H15FN2O/c1-11(2,3)14(4)10(15)8-6-5-7-13-9(8)12/h5-7H,1-4H3. The lowest BCUT2D eigenvalue weighted by Gasteiger charge is -2.31. The molecule has 0 fully saturated rings. The Balaban J connectivity index is 3.01. The highest BCUT2D eigenvalue weighted by molar-refractivity contribution is 5.94. The smallest absolute Gasteiger partial charge is 0.258 e. The SMILES string of the molecule is CN(C(=O)c1cccnc1F)C(C)(C)C. The number of hydrogen-bond donors (Lipinski definition) is 0. The first-order valence-electron chi connectivity index (χ1n) is 4.72. The van der Waals surface area contributed by atoms with Crippen molar-refractivity contribution in [3.63, 3.8) is 0 Å². The lowest BCUT2D eigenvalue weighted by atomic mass is 10.1. The molecular formula is C11H15FN2O. The van der Waals surface area contributed by atoms with Gasteiger partial charge in [-0.05, 0) is 32.9 Å². The number of rotatable bonds is 1. The van der Waals surface area contributed by atoms with Crippen LogP contribution in [-0.4, -0.2) is 28.4 Å². The molecule has 0 bridgehead atoms. The summed E-state index contributed by atoms with van der Waals surface area (Å²) < 4.78 is 13.2. The highest BCUT2D eigenvalue weighted by Crippen LogP contribution is 2.15. The summed E-state index contributed by atoms with van der Waals surface area (Å²) in [5.41, 5.74) is -0.325. The molecule has 82 valence electrons. The molecular weight excluding hydrogens is 195 g/mol. The zero-order chi connectivity index (χ0) is 11.6. The van der Waals surface area contributed by atoms with Gasteiger partial charge in [-0.2, -0.15) is 4.39 Å². The largest absolute Gasteiger partial charge is 0.337 e. The Morgan fingerprint density at radius 1 is 1.47 bits per heavy atom. The zero-order valence-corrected chi connectivity index (χ0v) is 9.41. The van der Waals surface area contributed by atoms with Crippen molar-refractivity contribution < 1.29 is 9.18 Å². The number of nitrogens with zero attached hydrogens (tertiary/aromatic N) is 2. The minimum Gasteiger partial charge on any atom is -0.337 e. The molecule has 1 rings (SSSR count). The predicted molar refractivity (Wildman–Crippen MR) is 56.0 cm³/mol. The molecule has 1 aromatic rings. The maximum Gasteiger partial charge on any atom is 0.258 e. The fraction of sp³-hybridized carbons (Fsp3) is 0.455. The Morgan fingerprint density at radius 3 is 2.53 bits per heavy atom. The maximum atomic E-state index is 13.2. The van der Waals surface area contributed by atoms with E-state index >= 15 is 0 Å². The molecule has 1 heterocycles. The van der Waals surface area contributed by atoms with E-state index in [4.69, 9.17) is 0 Å². The van der Waals surface area contributed by atoms with Gasteiger partial charge in [-0.15, -0.1) is 0 Å². The van der Waals surface area contributed by atoms with E-state index in [1.54, 1.807) is 13.1 Å². The van der Waals surface area contributed by atoms with E-state index in [2.05, 4.69) is 4.98 Å². The third-order valence-electron chi connectivity index (χ3n) is 2.30. The molecule has 0 aliphatic carbocycles. The number of hydrogen-bond acceptors (Lipinski definition) is 2. The van der Waals surface area contributed by atoms with Gasteiger partial charge in [0.15, 0.2) is 0 Å². The topological polar surface area (TPSA) is 33.2 Å². The molecule has 0 N–H and O–H groups in total. The number of carbonyl (C=O) groups excluding carboxylic acids is 1. The molecule has 0 unspecified atom stereocenters. The second-order valence-electron chi connectivity index (χ2n) is 4.38. The molecule has 3 nitrogen and oxygen atoms in total. The monoisotopic (exact) mass is 210 g/mol. The third kappa shape index (κ3) is 2.52. The lowest BCUT2D eigenvalue weighted by Crippen LogP contribution is -2.42. The van der Waals surface area contributed by atoms with E-state index in [1.807, 2.05) is 20.8 Å². The van der Waals surface area contributed by atoms with Crippen molar-refractivity contribution in [2.24, 2.45) is 0 Å². The summed E-state index contributed by atoms with van der Waals surface area (Å²) in [6.07, 6.45) is 1.32. The van der Waals surface area contributed by atoms with Crippen LogP contribution >= 0.6 is 0 Å². The maximum absolute atomic E-state index is 13.2. The first-order chi connectivity index (χ1) is 6.84. The second-order valence-corrected chi connectivity index (χ2v) is 4.38. The highest BCUT2D eigenvalue weighted by Gasteiger charge is 2.25. The fourth-order valence-corrected chi connectivity index (χ4v) is 1.03. The minimum atomic E-state index is -0.724. The average molecular weight is 210 g/mol. The van der Waals surface area contributed by atoms with Crippen LogP contribution in [0, 0.1) is 5.95 Å². The number of halogens is 1. The van der Waals surface area contributed by atoms with Gasteiger partial charge in [0.05, 0.1) is 5.56 Å². The molecule has 0 aliphatic rings. The average Bonchev–Trinajstić information content (AvgIpc) is 2.15. The van der Waals surface area contributed by atoms with Crippen molar-refractivity contribution in [2.75, 3.05) is 7.05 Å². The van der Waals surface area contributed by atoms with Crippen molar-refractivity contribution in [1.29, 1.82) is 0 Å². The second kappa shape index (κ2) is 3.96. The summed E-state index contributed by atoms with van der Waals surface area (Å²) in [5, 5.41) is 0. The van der Waals surface area contributed by atoms with Gasteiger partial charge in [-0.3, -0.25) is 4.79 Å². The van der Waals surface area contributed by atoms with E-state index < -0.39 is 5.95 Å². The fourth-order valence-electron chi connectivity index (χ4n) is 1.03. The molecule has 0 saturated heterocycles. The molecule has 0 atom stereocenters. The van der Waals surface area contributed by atoms with Crippen LogP contribution in [0.25, 0.3) is 0 Å². The van der Waals surface area contributed by atoms with Crippen molar-refractivity contribution in [3.05, 3.63) is 29.8 Å². The summed E-state index contributed by atoms with van der Waals surface area (Å²) in [5.74, 6) is -1.08. The molecule has 0 spiro atoms. The number of amides is 1. The first kappa shape index (κ1) is 11.6. The van der Waals surface area contributed by atoms with Crippen LogP contribution in [0.4, 0.5) is 4.39 Å². The number of carbonyl (C=O) groups is 1. The molecule has 0 radical (unpaired) electrons. The van der Waals surface area contributed by atoms with E-state index in [0.717, 1.165) is 0 Å². The normalized spacial score (nSPS) is 11.3. The Kier molecular flexibility index (Phi) is 3.07. The molecule has 1 amide bonds. The van der Waals surface area contributed by atoms with Crippen LogP contribution in [0.5, 0.6) is 0 Å². The van der Waals surface area contributed by atoms with Crippen molar-refractivity contribution >= 4 is 5.91 Å². The van der Waals surface area contributed by atoms with Gasteiger partial charge < -0.3 is 4.90 Å². The van der Waals surface area contributed by atoms with Crippen molar-refractivity contribution in [3.8, 4) is 0 Å². The number of pyridine rings is 1. The van der Waals surface area contributed by atoms with Crippen molar-refractivity contribution in [1.82, 2.24) is 9.88 Å². The van der Waals surface area contributed by atoms with Gasteiger partial charge >= 0.3 is 0 Å². The Labute approximate surface area is 88.9 Å². The van der Waals surface area contributed by atoms with Gasteiger partial charge in [-0.25, -0.2) is 4.98 Å². The van der Waals surface area contributed by atoms with Crippen LogP contribution < -0.4 is 0 Å². The van der Waals surface area contributed by atoms with Crippen LogP contribution in [0.2, 0.25) is 0 Å². The summed E-state index contributed by atoms with van der Waals surface area (Å²) >= 11 is 0. The summed E-state index contributed by atoms with van der Waals surface area (Å²) in [7, 11) is 1.65. The molecule has 15 heavy (non-hydrogen) atoms. The van der Waals surface area contributed by atoms with Gasteiger partial charge in [0.25, 0.3) is 5.91 Å². The molecule has 0 saturated carbocycles. The van der Waals surface area contributed by atoms with E-state index in [0.29, 0.717) is 0 Å². The molecule has 4 heteroatoms. The van der Waals surface area contributed by atoms with Crippen molar-refractivity contribution in [2.45, 2.75) is 26.3 Å². The highest BCUT2D eigenvalue weighted by atomic mass is 19.1. The van der Waals surface area contributed by atoms with Gasteiger partial charge in [0.2, 0.25) is 5.95 Å². The molecule has 0 aliphatic heterocycles. The van der Waals surface area contributed by atoms with Gasteiger partial charge in [0.1, 0.15) is 0 Å². The summed E-state index contributed by atoms with van der Waals surface area (Å²) in [6.45, 7) is 5.66. The van der Waals surface area contributed by atoms with E-state index in [1.165, 1.54) is 17.2 Å². The molecule has 0 aromatic carbocycles. The third-order valence-corrected chi connectivity index (χ3v) is 2.30. The van der Waals surface area contributed by atoms with E-state index in [9.17, 15) is 9.18 Å². The van der Waals surface area contributed by atoms with Crippen LogP contribution in [0.1, 0.15) is 31.1 Å². The lowest BCUT2D eigenvalue weighted by molar-refractivity contribution is 0.0650. The summed E-state index contributed by atoms with van der Waals surface area (Å²) in [4.78, 5) is 16.8. The number of aromatic nitrogens is 1. The van der Waals surface area contributed by atoms with E-state index in [-0.39, 0.29) is 17.0 Å². The quantitative estimate of drug-likeness (QED) is 0.665. The Morgan fingerprint density at radius 2 is 2.07 bits per heavy atom. The first-order valence-corrected chi connectivity index (χ1v) is 4.72. The zero-order valence-electron chi connectivity index (χ0n) is 9.41. The minimum absolute atomic E-state index is 0.00919. The summed E-state index contributed by atoms with van der Waals surface area (Å²) in [6, 6.07) is 2.99.